The van der Waals surface area contributed by atoms with E-state index in [1.807, 2.05) is 0 Å². The topological polar surface area (TPSA) is 285 Å². The molecule has 216 valence electrons. The van der Waals surface area contributed by atoms with E-state index in [1.165, 1.54) is 0 Å². The highest BCUT2D eigenvalue weighted by atomic mass is 16.7. The van der Waals surface area contributed by atoms with Gasteiger partial charge in [0.05, 0.1) is 19.8 Å². The molecule has 0 saturated carbocycles. The molecule has 17 heteroatoms. The Morgan fingerprint density at radius 3 is 1.97 bits per heavy atom. The molecule has 2 aliphatic heterocycles. The van der Waals surface area contributed by atoms with Crippen LogP contribution in [0.3, 0.4) is 0 Å². The lowest BCUT2D eigenvalue weighted by Gasteiger charge is -2.46. The van der Waals surface area contributed by atoms with Crippen molar-refractivity contribution in [1.82, 2.24) is 5.32 Å². The number of aldehydes is 1. The zero-order chi connectivity index (χ0) is 28.0. The molecule has 0 unspecified atom stereocenters. The van der Waals surface area contributed by atoms with Crippen molar-refractivity contribution in [3.05, 3.63) is 0 Å². The number of carbonyl (C=O) groups is 2. The first-order valence-corrected chi connectivity index (χ1v) is 11.3. The summed E-state index contributed by atoms with van der Waals surface area (Å²) in [6.07, 6.45) is -23.1. The third-order valence-electron chi connectivity index (χ3n) is 6.04. The fraction of sp³-hybridized carbons (Fsp3) is 0.900. The molecule has 0 aromatic heterocycles. The molecule has 2 saturated heterocycles. The lowest BCUT2D eigenvalue weighted by molar-refractivity contribution is -0.365. The van der Waals surface area contributed by atoms with E-state index >= 15 is 0 Å². The SMILES string of the molecule is CC(=O)N[C@@H](C=O)[C@@H](O[C@@H]1O[C@H](CO)[C@H](O[C@@H]2O[C@H](CO)[C@H](O)[C@H](O)[C@H]2O)[C@H](O)[C@H]1O)[C@@H](O)[C@H](O)CO. The predicted molar refractivity (Wildman–Crippen MR) is 114 cm³/mol. The van der Waals surface area contributed by atoms with E-state index in [0.717, 1.165) is 6.92 Å². The second-order valence-electron chi connectivity index (χ2n) is 8.71. The first-order chi connectivity index (χ1) is 17.4. The average Bonchev–Trinajstić information content (AvgIpc) is 2.88. The van der Waals surface area contributed by atoms with Gasteiger partial charge in [-0.3, -0.25) is 4.79 Å². The van der Waals surface area contributed by atoms with E-state index in [0.29, 0.717) is 0 Å². The fourth-order valence-corrected chi connectivity index (χ4v) is 3.96. The predicted octanol–water partition coefficient (Wildman–Crippen LogP) is -7.59. The number of aliphatic hydroxyl groups excluding tert-OH is 10. The molecular weight excluding hydrogens is 510 g/mol. The smallest absolute Gasteiger partial charge is 0.217 e. The molecule has 11 N–H and O–H groups in total. The number of hydrogen-bond donors (Lipinski definition) is 11. The van der Waals surface area contributed by atoms with Crippen molar-refractivity contribution >= 4 is 12.2 Å². The number of carbonyl (C=O) groups excluding carboxylic acids is 2. The number of amides is 1. The van der Waals surface area contributed by atoms with Crippen molar-refractivity contribution in [2.75, 3.05) is 19.8 Å². The quantitative estimate of drug-likeness (QED) is 0.102. The van der Waals surface area contributed by atoms with Crippen LogP contribution in [0.5, 0.6) is 0 Å². The minimum absolute atomic E-state index is 0.152. The maximum atomic E-state index is 11.6. The van der Waals surface area contributed by atoms with Crippen LogP contribution in [0.1, 0.15) is 6.92 Å². The van der Waals surface area contributed by atoms with Crippen LogP contribution >= 0.6 is 0 Å². The summed E-state index contributed by atoms with van der Waals surface area (Å²) in [5.74, 6) is -0.734. The molecule has 0 radical (unpaired) electrons. The first kappa shape index (κ1) is 31.8. The van der Waals surface area contributed by atoms with E-state index in [2.05, 4.69) is 5.32 Å². The molecule has 2 heterocycles. The summed E-state index contributed by atoms with van der Waals surface area (Å²) in [5.41, 5.74) is 0. The van der Waals surface area contributed by atoms with Crippen LogP contribution in [-0.2, 0) is 28.5 Å². The molecule has 2 aliphatic rings. The Kier molecular flexibility index (Phi) is 12.1. The second kappa shape index (κ2) is 14.1. The Morgan fingerprint density at radius 2 is 1.46 bits per heavy atom. The fourth-order valence-electron chi connectivity index (χ4n) is 3.96. The van der Waals surface area contributed by atoms with Crippen LogP contribution in [0, 0.1) is 0 Å². The Morgan fingerprint density at radius 1 is 0.892 bits per heavy atom. The largest absolute Gasteiger partial charge is 0.394 e. The van der Waals surface area contributed by atoms with Gasteiger partial charge in [-0.15, -0.1) is 0 Å². The van der Waals surface area contributed by atoms with Crippen molar-refractivity contribution in [2.24, 2.45) is 0 Å². The molecule has 1 amide bonds. The zero-order valence-corrected chi connectivity index (χ0v) is 19.7. The summed E-state index contributed by atoms with van der Waals surface area (Å²) < 4.78 is 21.4. The molecule has 2 rings (SSSR count). The molecular formula is C20H35NO16. The third kappa shape index (κ3) is 7.37. The summed E-state index contributed by atoms with van der Waals surface area (Å²) in [4.78, 5) is 23.0. The van der Waals surface area contributed by atoms with Gasteiger partial charge in [0, 0.05) is 6.92 Å². The minimum atomic E-state index is -2.02. The van der Waals surface area contributed by atoms with Gasteiger partial charge < -0.3 is 80.1 Å². The van der Waals surface area contributed by atoms with Gasteiger partial charge in [0.2, 0.25) is 5.91 Å². The average molecular weight is 545 g/mol. The summed E-state index contributed by atoms with van der Waals surface area (Å²) in [7, 11) is 0. The van der Waals surface area contributed by atoms with Gasteiger partial charge in [-0.25, -0.2) is 0 Å². The van der Waals surface area contributed by atoms with Crippen molar-refractivity contribution in [2.45, 2.75) is 92.7 Å². The highest BCUT2D eigenvalue weighted by molar-refractivity contribution is 5.77. The lowest BCUT2D eigenvalue weighted by Crippen LogP contribution is -2.66. The van der Waals surface area contributed by atoms with Crippen LogP contribution in [0.2, 0.25) is 0 Å². The number of aliphatic hydroxyl groups is 10. The van der Waals surface area contributed by atoms with E-state index in [9.17, 15) is 55.5 Å². The Hall–Kier alpha value is -1.42. The Balaban J connectivity index is 2.24. The van der Waals surface area contributed by atoms with Crippen molar-refractivity contribution in [3.8, 4) is 0 Å². The number of ether oxygens (including phenoxy) is 4. The summed E-state index contributed by atoms with van der Waals surface area (Å²) in [5, 5.41) is 102. The van der Waals surface area contributed by atoms with Gasteiger partial charge in [0.15, 0.2) is 12.6 Å². The van der Waals surface area contributed by atoms with Crippen LogP contribution in [-0.4, -0.2) is 169 Å². The number of nitrogens with one attached hydrogen (secondary N) is 1. The van der Waals surface area contributed by atoms with Gasteiger partial charge in [0.1, 0.15) is 79.5 Å². The minimum Gasteiger partial charge on any atom is -0.394 e. The van der Waals surface area contributed by atoms with Crippen molar-refractivity contribution in [3.63, 3.8) is 0 Å². The second-order valence-corrected chi connectivity index (χ2v) is 8.71. The van der Waals surface area contributed by atoms with Gasteiger partial charge >= 0.3 is 0 Å². The number of rotatable bonds is 12. The van der Waals surface area contributed by atoms with Crippen molar-refractivity contribution < 1.29 is 79.6 Å². The molecule has 2 fully saturated rings. The molecule has 14 atom stereocenters. The molecule has 0 aromatic carbocycles. The summed E-state index contributed by atoms with van der Waals surface area (Å²) in [6, 6.07) is -1.61. The Labute approximate surface area is 210 Å². The normalized spacial score (nSPS) is 39.9. The third-order valence-corrected chi connectivity index (χ3v) is 6.04. The molecule has 0 spiro atoms. The summed E-state index contributed by atoms with van der Waals surface area (Å²) in [6.45, 7) is -1.59. The maximum absolute atomic E-state index is 11.6. The van der Waals surface area contributed by atoms with Gasteiger partial charge in [-0.1, -0.05) is 0 Å². The zero-order valence-electron chi connectivity index (χ0n) is 19.7. The maximum Gasteiger partial charge on any atom is 0.217 e. The monoisotopic (exact) mass is 545 g/mol. The highest BCUT2D eigenvalue weighted by Crippen LogP contribution is 2.30. The molecule has 17 nitrogen and oxygen atoms in total. The molecule has 0 aliphatic carbocycles. The van der Waals surface area contributed by atoms with E-state index in [4.69, 9.17) is 24.1 Å². The van der Waals surface area contributed by atoms with Crippen LogP contribution in [0.25, 0.3) is 0 Å². The molecule has 0 bridgehead atoms. The Bertz CT molecular complexity index is 726. The van der Waals surface area contributed by atoms with E-state index in [1.54, 1.807) is 0 Å². The standard InChI is InChI=1S/C20H35NO16/c1-6(26)21-7(2-22)17(11(28)8(27)3-23)36-20-16(33)14(31)18(10(5-25)35-20)37-19-15(32)13(30)12(29)9(4-24)34-19/h2,7-20,23-25,27-33H,3-5H2,1H3,(H,21,26)/t7-,8+,9+,10+,11-,12-,13-,14+,15+,16+,17+,18-,19-,20-/m0/s1. The summed E-state index contributed by atoms with van der Waals surface area (Å²) >= 11 is 0. The lowest BCUT2D eigenvalue weighted by atomic mass is 9.96. The van der Waals surface area contributed by atoms with Crippen LogP contribution in [0.15, 0.2) is 0 Å². The van der Waals surface area contributed by atoms with Gasteiger partial charge in [0.25, 0.3) is 0 Å². The van der Waals surface area contributed by atoms with Gasteiger partial charge in [-0.05, 0) is 0 Å². The van der Waals surface area contributed by atoms with E-state index in [-0.39, 0.29) is 6.29 Å². The van der Waals surface area contributed by atoms with E-state index < -0.39 is 111 Å². The van der Waals surface area contributed by atoms with Gasteiger partial charge in [-0.2, -0.15) is 0 Å². The molecule has 37 heavy (non-hydrogen) atoms. The van der Waals surface area contributed by atoms with Crippen LogP contribution in [0.4, 0.5) is 0 Å². The van der Waals surface area contributed by atoms with Crippen LogP contribution < -0.4 is 5.32 Å². The van der Waals surface area contributed by atoms with Crippen molar-refractivity contribution in [1.29, 1.82) is 0 Å². The first-order valence-electron chi connectivity index (χ1n) is 11.3. The highest BCUT2D eigenvalue weighted by Gasteiger charge is 2.52. The number of hydrogen-bond acceptors (Lipinski definition) is 16. The molecule has 0 aromatic rings.